The van der Waals surface area contributed by atoms with Crippen molar-refractivity contribution in [3.8, 4) is 0 Å². The van der Waals surface area contributed by atoms with Crippen LogP contribution in [0.2, 0.25) is 0 Å². The van der Waals surface area contributed by atoms with Crippen molar-refractivity contribution in [3.63, 3.8) is 0 Å². The number of hydrogen-bond donors (Lipinski definition) is 2. The largest absolute Gasteiger partial charge is 0.481 e. The number of nitrogens with one attached hydrogen (secondary N) is 1. The third-order valence-electron chi connectivity index (χ3n) is 4.22. The van der Waals surface area contributed by atoms with E-state index in [0.29, 0.717) is 6.54 Å². The zero-order chi connectivity index (χ0) is 14.6. The van der Waals surface area contributed by atoms with Crippen molar-refractivity contribution in [2.75, 3.05) is 26.2 Å². The predicted molar refractivity (Wildman–Crippen MR) is 79.5 cm³/mol. The summed E-state index contributed by atoms with van der Waals surface area (Å²) in [5.41, 5.74) is 1.23. The maximum absolute atomic E-state index is 11.4. The zero-order valence-corrected chi connectivity index (χ0v) is 12.3. The highest BCUT2D eigenvalue weighted by molar-refractivity contribution is 5.72. The molecule has 2 heterocycles. The first-order valence-corrected chi connectivity index (χ1v) is 7.39. The van der Waals surface area contributed by atoms with Crippen LogP contribution in [0, 0.1) is 11.3 Å². The summed E-state index contributed by atoms with van der Waals surface area (Å²) in [4.78, 5) is 13.6. The first-order chi connectivity index (χ1) is 9.70. The Morgan fingerprint density at radius 1 is 1.35 bits per heavy atom. The highest BCUT2D eigenvalue weighted by Crippen LogP contribution is 2.40. The fraction of sp³-hybridized carbons (Fsp3) is 0.562. The monoisotopic (exact) mass is 276 g/mol. The molecule has 0 bridgehead atoms. The highest BCUT2D eigenvalue weighted by atomic mass is 16.4. The number of carboxylic acids is 1. The molecule has 3 rings (SSSR count). The summed E-state index contributed by atoms with van der Waals surface area (Å²) in [7, 11) is 0. The van der Waals surface area contributed by atoms with E-state index in [2.05, 4.69) is 22.3 Å². The molecule has 20 heavy (non-hydrogen) atoms. The van der Waals surface area contributed by atoms with Crippen LogP contribution in [0.4, 0.5) is 0 Å². The van der Waals surface area contributed by atoms with Crippen LogP contribution in [0.3, 0.4) is 0 Å². The van der Waals surface area contributed by atoms with Gasteiger partial charge in [0.2, 0.25) is 0 Å². The average molecular weight is 276 g/mol. The second-order valence-corrected chi connectivity index (χ2v) is 5.51. The number of carboxylic acid groups (broad SMARTS) is 1. The summed E-state index contributed by atoms with van der Waals surface area (Å²) in [6.07, 6.45) is 0. The third kappa shape index (κ3) is 2.86. The van der Waals surface area contributed by atoms with Crippen molar-refractivity contribution < 1.29 is 9.90 Å². The van der Waals surface area contributed by atoms with Crippen LogP contribution in [-0.4, -0.2) is 42.2 Å². The standard InChI is InChI=1S/C14H18N2O2.C2H6/c17-13(18)12-7-16(10-14(12)8-15-9-14)6-11-4-2-1-3-5-11;1-2/h1-5,12,15H,6-10H2,(H,17,18);1-2H3/t12-;/m0./s1. The quantitative estimate of drug-likeness (QED) is 0.884. The molecule has 0 saturated carbocycles. The van der Waals surface area contributed by atoms with Crippen LogP contribution in [0.5, 0.6) is 0 Å². The van der Waals surface area contributed by atoms with E-state index in [-0.39, 0.29) is 11.3 Å². The molecule has 2 saturated heterocycles. The molecule has 1 aromatic carbocycles. The van der Waals surface area contributed by atoms with Crippen molar-refractivity contribution >= 4 is 5.97 Å². The van der Waals surface area contributed by atoms with Crippen molar-refractivity contribution in [1.29, 1.82) is 0 Å². The molecular weight excluding hydrogens is 252 g/mol. The molecule has 0 amide bonds. The molecule has 2 N–H and O–H groups in total. The summed E-state index contributed by atoms with van der Waals surface area (Å²) < 4.78 is 0. The normalized spacial score (nSPS) is 23.8. The number of nitrogens with zero attached hydrogens (tertiary/aromatic N) is 1. The van der Waals surface area contributed by atoms with Gasteiger partial charge in [0.25, 0.3) is 0 Å². The third-order valence-corrected chi connectivity index (χ3v) is 4.22. The fourth-order valence-electron chi connectivity index (χ4n) is 3.18. The molecule has 2 aliphatic heterocycles. The van der Waals surface area contributed by atoms with Gasteiger partial charge >= 0.3 is 5.97 Å². The van der Waals surface area contributed by atoms with Gasteiger partial charge in [0, 0.05) is 38.1 Å². The zero-order valence-electron chi connectivity index (χ0n) is 12.3. The summed E-state index contributed by atoms with van der Waals surface area (Å²) in [5.74, 6) is -0.866. The van der Waals surface area contributed by atoms with E-state index in [1.54, 1.807) is 0 Å². The van der Waals surface area contributed by atoms with Crippen molar-refractivity contribution in [3.05, 3.63) is 35.9 Å². The van der Waals surface area contributed by atoms with Gasteiger partial charge in [0.15, 0.2) is 0 Å². The molecule has 0 radical (unpaired) electrons. The summed E-state index contributed by atoms with van der Waals surface area (Å²) in [6, 6.07) is 10.3. The topological polar surface area (TPSA) is 52.6 Å². The lowest BCUT2D eigenvalue weighted by molar-refractivity contribution is -0.145. The van der Waals surface area contributed by atoms with Crippen LogP contribution >= 0.6 is 0 Å². The van der Waals surface area contributed by atoms with Crippen molar-refractivity contribution in [2.24, 2.45) is 11.3 Å². The number of carbonyl (C=O) groups is 1. The second-order valence-electron chi connectivity index (χ2n) is 5.51. The minimum atomic E-state index is -0.646. The lowest BCUT2D eigenvalue weighted by Gasteiger charge is -2.42. The Balaban J connectivity index is 0.000000704. The van der Waals surface area contributed by atoms with Crippen LogP contribution in [0.1, 0.15) is 19.4 Å². The molecule has 2 aliphatic rings. The SMILES string of the molecule is CC.O=C(O)[C@@H]1CN(Cc2ccccc2)CC12CNC2. The summed E-state index contributed by atoms with van der Waals surface area (Å²) in [5, 5.41) is 12.6. The molecular formula is C16H24N2O2. The number of hydrogen-bond acceptors (Lipinski definition) is 3. The lowest BCUT2D eigenvalue weighted by Crippen LogP contribution is -2.59. The van der Waals surface area contributed by atoms with E-state index in [4.69, 9.17) is 0 Å². The van der Waals surface area contributed by atoms with Crippen molar-refractivity contribution in [1.82, 2.24) is 10.2 Å². The van der Waals surface area contributed by atoms with E-state index in [1.807, 2.05) is 32.0 Å². The van der Waals surface area contributed by atoms with Gasteiger partial charge < -0.3 is 10.4 Å². The van der Waals surface area contributed by atoms with Crippen LogP contribution in [-0.2, 0) is 11.3 Å². The summed E-state index contributed by atoms with van der Waals surface area (Å²) >= 11 is 0. The summed E-state index contributed by atoms with van der Waals surface area (Å²) in [6.45, 7) is 8.11. The number of rotatable bonds is 3. The van der Waals surface area contributed by atoms with Crippen molar-refractivity contribution in [2.45, 2.75) is 20.4 Å². The molecule has 110 valence electrons. The van der Waals surface area contributed by atoms with Gasteiger partial charge in [-0.05, 0) is 5.56 Å². The van der Waals surface area contributed by atoms with Crippen LogP contribution in [0.15, 0.2) is 30.3 Å². The molecule has 1 aromatic rings. The Morgan fingerprint density at radius 2 is 2.00 bits per heavy atom. The smallest absolute Gasteiger partial charge is 0.308 e. The van der Waals surface area contributed by atoms with E-state index < -0.39 is 5.97 Å². The van der Waals surface area contributed by atoms with E-state index >= 15 is 0 Å². The number of likely N-dealkylation sites (tertiary alicyclic amines) is 1. The van der Waals surface area contributed by atoms with Gasteiger partial charge in [-0.3, -0.25) is 9.69 Å². The Labute approximate surface area is 120 Å². The van der Waals surface area contributed by atoms with Gasteiger partial charge in [0.1, 0.15) is 0 Å². The molecule has 0 aromatic heterocycles. The number of aliphatic carboxylic acids is 1. The molecule has 4 heteroatoms. The minimum absolute atomic E-state index is 0.0272. The Bertz CT molecular complexity index is 443. The first kappa shape index (κ1) is 15.0. The lowest BCUT2D eigenvalue weighted by atomic mass is 9.73. The molecule has 1 atom stereocenters. The first-order valence-electron chi connectivity index (χ1n) is 7.39. The highest BCUT2D eigenvalue weighted by Gasteiger charge is 2.53. The Kier molecular flexibility index (Phi) is 4.78. The van der Waals surface area contributed by atoms with Crippen LogP contribution < -0.4 is 5.32 Å². The van der Waals surface area contributed by atoms with Crippen LogP contribution in [0.25, 0.3) is 0 Å². The molecule has 1 spiro atoms. The van der Waals surface area contributed by atoms with Gasteiger partial charge in [-0.15, -0.1) is 0 Å². The van der Waals surface area contributed by atoms with Gasteiger partial charge in [0.05, 0.1) is 5.92 Å². The molecule has 4 nitrogen and oxygen atoms in total. The van der Waals surface area contributed by atoms with E-state index in [9.17, 15) is 9.90 Å². The fourth-order valence-corrected chi connectivity index (χ4v) is 3.18. The maximum atomic E-state index is 11.4. The molecule has 2 fully saturated rings. The van der Waals surface area contributed by atoms with Gasteiger partial charge in [-0.1, -0.05) is 44.2 Å². The average Bonchev–Trinajstić information content (AvgIpc) is 2.82. The molecule has 0 aliphatic carbocycles. The minimum Gasteiger partial charge on any atom is -0.481 e. The maximum Gasteiger partial charge on any atom is 0.308 e. The predicted octanol–water partition coefficient (Wildman–Crippen LogP) is 1.82. The Hall–Kier alpha value is -1.39. The number of benzene rings is 1. The van der Waals surface area contributed by atoms with Gasteiger partial charge in [-0.2, -0.15) is 0 Å². The van der Waals surface area contributed by atoms with Gasteiger partial charge in [-0.25, -0.2) is 0 Å². The Morgan fingerprint density at radius 3 is 2.45 bits per heavy atom. The van der Waals surface area contributed by atoms with E-state index in [1.165, 1.54) is 5.56 Å². The second kappa shape index (κ2) is 6.37. The molecule has 0 unspecified atom stereocenters. The van der Waals surface area contributed by atoms with E-state index in [0.717, 1.165) is 26.2 Å².